The average Bonchev–Trinajstić information content (AvgIpc) is 2.60. The van der Waals surface area contributed by atoms with Gasteiger partial charge in [-0.25, -0.2) is 0 Å². The molecule has 1 aliphatic rings. The molecule has 0 amide bonds. The first kappa shape index (κ1) is 10.9. The van der Waals surface area contributed by atoms with Gasteiger partial charge in [0, 0.05) is 25.4 Å². The minimum Gasteiger partial charge on any atom is -0.465 e. The Balaban J connectivity index is 2.37. The maximum atomic E-state index is 11.8. The number of Topliss-reactive ketones (excluding diaryl/α,β-unsaturated/α-hetero) is 1. The van der Waals surface area contributed by atoms with E-state index in [1.165, 1.54) is 0 Å². The van der Waals surface area contributed by atoms with E-state index in [0.717, 1.165) is 11.3 Å². The van der Waals surface area contributed by atoms with Gasteiger partial charge in [-0.3, -0.25) is 9.59 Å². The molecule has 0 aromatic carbocycles. The van der Waals surface area contributed by atoms with Crippen LogP contribution in [0.15, 0.2) is 12.3 Å². The lowest BCUT2D eigenvalue weighted by Gasteiger charge is -2.20. The second-order valence-electron chi connectivity index (χ2n) is 3.98. The molecule has 1 unspecified atom stereocenters. The summed E-state index contributed by atoms with van der Waals surface area (Å²) >= 11 is 0. The predicted octanol–water partition coefficient (Wildman–Crippen LogP) is 1.19. The molecule has 0 fully saturated rings. The summed E-state index contributed by atoms with van der Waals surface area (Å²) in [4.78, 5) is 23.5. The van der Waals surface area contributed by atoms with Crippen LogP contribution in [0, 0.1) is 0 Å². The van der Waals surface area contributed by atoms with Gasteiger partial charge < -0.3 is 9.30 Å². The van der Waals surface area contributed by atoms with Gasteiger partial charge in [-0.05, 0) is 25.0 Å². The van der Waals surface area contributed by atoms with Crippen molar-refractivity contribution >= 4 is 11.8 Å². The van der Waals surface area contributed by atoms with Gasteiger partial charge in [-0.2, -0.15) is 0 Å². The molecule has 0 bridgehead atoms. The SMILES string of the molecule is CCOC(=O)C1C(=O)CCc2c1ccn2C. The molecule has 1 aromatic rings. The van der Waals surface area contributed by atoms with Crippen LogP contribution in [0.1, 0.15) is 30.5 Å². The predicted molar refractivity (Wildman–Crippen MR) is 58.1 cm³/mol. The summed E-state index contributed by atoms with van der Waals surface area (Å²) in [5.41, 5.74) is 1.88. The maximum Gasteiger partial charge on any atom is 0.321 e. The molecule has 1 aliphatic carbocycles. The van der Waals surface area contributed by atoms with E-state index in [2.05, 4.69) is 0 Å². The summed E-state index contributed by atoms with van der Waals surface area (Å²) < 4.78 is 6.92. The first-order chi connectivity index (χ1) is 7.65. The minimum absolute atomic E-state index is 0.0304. The summed E-state index contributed by atoms with van der Waals surface area (Å²) in [5, 5.41) is 0. The van der Waals surface area contributed by atoms with Crippen LogP contribution >= 0.6 is 0 Å². The highest BCUT2D eigenvalue weighted by molar-refractivity contribution is 6.05. The molecular weight excluding hydrogens is 206 g/mol. The number of esters is 1. The van der Waals surface area contributed by atoms with Crippen LogP contribution in [0.25, 0.3) is 0 Å². The quantitative estimate of drug-likeness (QED) is 0.556. The fourth-order valence-electron chi connectivity index (χ4n) is 2.21. The highest BCUT2D eigenvalue weighted by atomic mass is 16.5. The van der Waals surface area contributed by atoms with Gasteiger partial charge in [0.15, 0.2) is 5.78 Å². The number of nitrogens with zero attached hydrogens (tertiary/aromatic N) is 1. The number of ether oxygens (including phenoxy) is 1. The molecule has 1 heterocycles. The lowest BCUT2D eigenvalue weighted by atomic mass is 9.86. The summed E-state index contributed by atoms with van der Waals surface area (Å²) in [7, 11) is 1.93. The van der Waals surface area contributed by atoms with E-state index in [1.54, 1.807) is 6.92 Å². The Kier molecular flexibility index (Phi) is 2.81. The van der Waals surface area contributed by atoms with E-state index >= 15 is 0 Å². The molecule has 0 spiro atoms. The van der Waals surface area contributed by atoms with E-state index in [-0.39, 0.29) is 5.78 Å². The number of carbonyl (C=O) groups excluding carboxylic acids is 2. The first-order valence-electron chi connectivity index (χ1n) is 5.48. The smallest absolute Gasteiger partial charge is 0.321 e. The van der Waals surface area contributed by atoms with E-state index in [4.69, 9.17) is 4.74 Å². The zero-order chi connectivity index (χ0) is 11.7. The van der Waals surface area contributed by atoms with Crippen molar-refractivity contribution in [2.75, 3.05) is 6.61 Å². The number of hydrogen-bond donors (Lipinski definition) is 0. The molecule has 4 heteroatoms. The number of hydrogen-bond acceptors (Lipinski definition) is 3. The van der Waals surface area contributed by atoms with Crippen LogP contribution in [0.4, 0.5) is 0 Å². The van der Waals surface area contributed by atoms with Gasteiger partial charge >= 0.3 is 5.97 Å². The number of ketones is 1. The fraction of sp³-hybridized carbons (Fsp3) is 0.500. The van der Waals surface area contributed by atoms with Crippen LogP contribution in [0.5, 0.6) is 0 Å². The van der Waals surface area contributed by atoms with Gasteiger partial charge in [-0.1, -0.05) is 0 Å². The van der Waals surface area contributed by atoms with Crippen molar-refractivity contribution in [2.45, 2.75) is 25.7 Å². The Hall–Kier alpha value is -1.58. The van der Waals surface area contributed by atoms with Gasteiger partial charge in [0.1, 0.15) is 5.92 Å². The van der Waals surface area contributed by atoms with Crippen LogP contribution in [-0.4, -0.2) is 22.9 Å². The third-order valence-corrected chi connectivity index (χ3v) is 3.00. The van der Waals surface area contributed by atoms with E-state index < -0.39 is 11.9 Å². The van der Waals surface area contributed by atoms with Crippen molar-refractivity contribution in [3.05, 3.63) is 23.5 Å². The molecule has 86 valence electrons. The highest BCUT2D eigenvalue weighted by Crippen LogP contribution is 2.30. The normalized spacial score (nSPS) is 19.4. The van der Waals surface area contributed by atoms with E-state index in [9.17, 15) is 9.59 Å². The van der Waals surface area contributed by atoms with Gasteiger partial charge in [0.25, 0.3) is 0 Å². The van der Waals surface area contributed by atoms with Gasteiger partial charge in [0.05, 0.1) is 6.61 Å². The van der Waals surface area contributed by atoms with Crippen LogP contribution in [-0.2, 0) is 27.8 Å². The molecule has 0 N–H and O–H groups in total. The third kappa shape index (κ3) is 1.64. The summed E-state index contributed by atoms with van der Waals surface area (Å²) in [5.74, 6) is -1.15. The molecule has 0 saturated carbocycles. The number of carbonyl (C=O) groups is 2. The molecule has 0 radical (unpaired) electrons. The zero-order valence-corrected chi connectivity index (χ0v) is 9.53. The summed E-state index contributed by atoms with van der Waals surface area (Å²) in [6.45, 7) is 2.06. The second kappa shape index (κ2) is 4.12. The number of aryl methyl sites for hydroxylation is 1. The van der Waals surface area contributed by atoms with Gasteiger partial charge in [-0.15, -0.1) is 0 Å². The Bertz CT molecular complexity index is 433. The lowest BCUT2D eigenvalue weighted by Crippen LogP contribution is -2.29. The summed E-state index contributed by atoms with van der Waals surface area (Å²) in [6.07, 6.45) is 3.03. The Morgan fingerprint density at radius 1 is 1.56 bits per heavy atom. The first-order valence-corrected chi connectivity index (χ1v) is 5.48. The molecule has 0 saturated heterocycles. The standard InChI is InChI=1S/C12H15NO3/c1-3-16-12(15)11-8-6-7-13(2)9(8)4-5-10(11)14/h6-7,11H,3-5H2,1-2H3. The molecular formula is C12H15NO3. The van der Waals surface area contributed by atoms with Crippen LogP contribution in [0.2, 0.25) is 0 Å². The monoisotopic (exact) mass is 221 g/mol. The fourth-order valence-corrected chi connectivity index (χ4v) is 2.21. The van der Waals surface area contributed by atoms with Crippen molar-refractivity contribution in [1.29, 1.82) is 0 Å². The van der Waals surface area contributed by atoms with Gasteiger partial charge in [0.2, 0.25) is 0 Å². The number of fused-ring (bicyclic) bond motifs is 1. The lowest BCUT2D eigenvalue weighted by molar-refractivity contribution is -0.148. The number of aromatic nitrogens is 1. The van der Waals surface area contributed by atoms with E-state index in [0.29, 0.717) is 19.4 Å². The van der Waals surface area contributed by atoms with E-state index in [1.807, 2.05) is 23.9 Å². The molecule has 2 rings (SSSR count). The minimum atomic E-state index is -0.704. The molecule has 1 aromatic heterocycles. The van der Waals surface area contributed by atoms with Crippen LogP contribution < -0.4 is 0 Å². The molecule has 1 atom stereocenters. The average molecular weight is 221 g/mol. The molecule has 0 aliphatic heterocycles. The topological polar surface area (TPSA) is 48.3 Å². The summed E-state index contributed by atoms with van der Waals surface area (Å²) in [6, 6.07) is 1.84. The third-order valence-electron chi connectivity index (χ3n) is 3.00. The molecule has 16 heavy (non-hydrogen) atoms. The van der Waals surface area contributed by atoms with Crippen molar-refractivity contribution in [3.8, 4) is 0 Å². The van der Waals surface area contributed by atoms with Crippen molar-refractivity contribution in [3.63, 3.8) is 0 Å². The van der Waals surface area contributed by atoms with Crippen molar-refractivity contribution < 1.29 is 14.3 Å². The Labute approximate surface area is 94.2 Å². The molecule has 4 nitrogen and oxygen atoms in total. The number of rotatable bonds is 2. The van der Waals surface area contributed by atoms with Crippen LogP contribution in [0.3, 0.4) is 0 Å². The Morgan fingerprint density at radius 2 is 2.31 bits per heavy atom. The second-order valence-corrected chi connectivity index (χ2v) is 3.98. The highest BCUT2D eigenvalue weighted by Gasteiger charge is 2.35. The van der Waals surface area contributed by atoms with Crippen molar-refractivity contribution in [2.24, 2.45) is 7.05 Å². The Morgan fingerprint density at radius 3 is 3.00 bits per heavy atom. The largest absolute Gasteiger partial charge is 0.465 e. The zero-order valence-electron chi connectivity index (χ0n) is 9.53. The maximum absolute atomic E-state index is 11.8. The van der Waals surface area contributed by atoms with Crippen molar-refractivity contribution in [1.82, 2.24) is 4.57 Å².